The minimum Gasteiger partial charge on any atom is -0.322 e. The predicted octanol–water partition coefficient (Wildman–Crippen LogP) is 2.98. The number of sulfonamides is 1. The van der Waals surface area contributed by atoms with E-state index in [9.17, 15) is 13.2 Å². The Hall–Kier alpha value is -1.45. The van der Waals surface area contributed by atoms with Gasteiger partial charge in [-0.15, -0.1) is 0 Å². The third kappa shape index (κ3) is 4.10. The second-order valence-electron chi connectivity index (χ2n) is 5.36. The number of nitrogens with one attached hydrogen (secondary N) is 2. The number of carbonyl (C=O) groups is 1. The monoisotopic (exact) mass is 442 g/mol. The number of rotatable bonds is 5. The normalized spacial score (nSPS) is 14.5. The average molecular weight is 442 g/mol. The fraction of sp³-hybridized carbons (Fsp3) is 0.188. The van der Waals surface area contributed by atoms with Gasteiger partial charge in [0.05, 0.1) is 10.5 Å². The summed E-state index contributed by atoms with van der Waals surface area (Å²) in [5.41, 5.74) is 1.01. The van der Waals surface area contributed by atoms with Gasteiger partial charge in [0, 0.05) is 15.3 Å². The number of amides is 1. The molecule has 2 aromatic carbocycles. The van der Waals surface area contributed by atoms with Crippen LogP contribution < -0.4 is 10.0 Å². The van der Waals surface area contributed by atoms with E-state index in [-0.39, 0.29) is 16.8 Å². The Morgan fingerprint density at radius 2 is 1.83 bits per heavy atom. The summed E-state index contributed by atoms with van der Waals surface area (Å²) in [4.78, 5) is 12.5. The van der Waals surface area contributed by atoms with Crippen molar-refractivity contribution >= 4 is 44.2 Å². The Morgan fingerprint density at radius 1 is 1.09 bits per heavy atom. The molecule has 0 spiro atoms. The van der Waals surface area contributed by atoms with Crippen molar-refractivity contribution in [3.63, 3.8) is 0 Å². The van der Waals surface area contributed by atoms with E-state index in [2.05, 4.69) is 32.6 Å². The van der Waals surface area contributed by atoms with Crippen LogP contribution in [0.5, 0.6) is 0 Å². The van der Waals surface area contributed by atoms with E-state index in [0.29, 0.717) is 11.3 Å². The van der Waals surface area contributed by atoms with Crippen LogP contribution in [0, 0.1) is 3.57 Å². The molecule has 0 atom stereocenters. The van der Waals surface area contributed by atoms with Gasteiger partial charge in [-0.25, -0.2) is 13.1 Å². The summed E-state index contributed by atoms with van der Waals surface area (Å²) in [6.07, 6.45) is 1.75. The molecule has 2 aromatic rings. The van der Waals surface area contributed by atoms with Crippen LogP contribution in [0.1, 0.15) is 23.2 Å². The standard InChI is InChI=1S/C16H15IN2O3S/c17-15-7-2-1-6-14(15)16(20)18-12-4-3-5-13(10-12)23(21,22)19-11-8-9-11/h1-7,10-11,19H,8-9H2,(H,18,20). The maximum atomic E-state index is 12.3. The number of anilines is 1. The number of carbonyl (C=O) groups excluding carboxylic acids is 1. The molecule has 1 aliphatic carbocycles. The molecular weight excluding hydrogens is 427 g/mol. The Kier molecular flexibility index (Phi) is 4.69. The second kappa shape index (κ2) is 6.58. The van der Waals surface area contributed by atoms with Gasteiger partial charge in [0.1, 0.15) is 0 Å². The molecule has 5 nitrogen and oxygen atoms in total. The van der Waals surface area contributed by atoms with E-state index in [4.69, 9.17) is 0 Å². The molecule has 0 radical (unpaired) electrons. The van der Waals surface area contributed by atoms with Crippen LogP contribution in [0.25, 0.3) is 0 Å². The van der Waals surface area contributed by atoms with E-state index in [1.165, 1.54) is 12.1 Å². The molecule has 0 aliphatic heterocycles. The fourth-order valence-corrected chi connectivity index (χ4v) is 4.06. The van der Waals surface area contributed by atoms with Crippen LogP contribution in [0.3, 0.4) is 0 Å². The molecule has 1 aliphatic rings. The lowest BCUT2D eigenvalue weighted by Crippen LogP contribution is -2.25. The van der Waals surface area contributed by atoms with E-state index in [1.54, 1.807) is 24.3 Å². The molecule has 2 N–H and O–H groups in total. The summed E-state index contributed by atoms with van der Waals surface area (Å²) in [7, 11) is -3.53. The number of benzene rings is 2. The molecule has 0 aromatic heterocycles. The first-order valence-electron chi connectivity index (χ1n) is 7.14. The topological polar surface area (TPSA) is 75.3 Å². The summed E-state index contributed by atoms with van der Waals surface area (Å²) < 4.78 is 27.9. The lowest BCUT2D eigenvalue weighted by atomic mass is 10.2. The van der Waals surface area contributed by atoms with Gasteiger partial charge < -0.3 is 5.32 Å². The highest BCUT2D eigenvalue weighted by Gasteiger charge is 2.28. The van der Waals surface area contributed by atoms with Gasteiger partial charge in [0.15, 0.2) is 0 Å². The van der Waals surface area contributed by atoms with Crippen molar-refractivity contribution in [2.75, 3.05) is 5.32 Å². The summed E-state index contributed by atoms with van der Waals surface area (Å²) >= 11 is 2.09. The first-order valence-corrected chi connectivity index (χ1v) is 9.70. The number of hydrogen-bond donors (Lipinski definition) is 2. The fourth-order valence-electron chi connectivity index (χ4n) is 2.07. The van der Waals surface area contributed by atoms with Crippen molar-refractivity contribution in [2.24, 2.45) is 0 Å². The molecular formula is C16H15IN2O3S. The van der Waals surface area contributed by atoms with Crippen molar-refractivity contribution in [1.29, 1.82) is 0 Å². The molecule has 0 bridgehead atoms. The maximum Gasteiger partial charge on any atom is 0.256 e. The molecule has 7 heteroatoms. The molecule has 1 saturated carbocycles. The van der Waals surface area contributed by atoms with Crippen LogP contribution in [-0.4, -0.2) is 20.4 Å². The van der Waals surface area contributed by atoms with Gasteiger partial charge in [-0.3, -0.25) is 4.79 Å². The maximum absolute atomic E-state index is 12.3. The van der Waals surface area contributed by atoms with Gasteiger partial charge in [-0.2, -0.15) is 0 Å². The first kappa shape index (κ1) is 16.4. The average Bonchev–Trinajstić information content (AvgIpc) is 3.31. The molecule has 23 heavy (non-hydrogen) atoms. The Bertz CT molecular complexity index is 848. The van der Waals surface area contributed by atoms with Gasteiger partial charge in [0.25, 0.3) is 5.91 Å². The lowest BCUT2D eigenvalue weighted by molar-refractivity contribution is 0.102. The van der Waals surface area contributed by atoms with Crippen LogP contribution in [0.4, 0.5) is 5.69 Å². The van der Waals surface area contributed by atoms with Crippen molar-refractivity contribution in [3.05, 3.63) is 57.7 Å². The third-order valence-corrected chi connectivity index (χ3v) is 5.88. The number of halogens is 1. The van der Waals surface area contributed by atoms with Gasteiger partial charge in [-0.1, -0.05) is 18.2 Å². The highest BCUT2D eigenvalue weighted by Crippen LogP contribution is 2.23. The molecule has 0 unspecified atom stereocenters. The van der Waals surface area contributed by atoms with Crippen molar-refractivity contribution in [1.82, 2.24) is 4.72 Å². The number of hydrogen-bond acceptors (Lipinski definition) is 3. The van der Waals surface area contributed by atoms with Crippen LogP contribution in [0.15, 0.2) is 53.4 Å². The van der Waals surface area contributed by atoms with Gasteiger partial charge >= 0.3 is 0 Å². The predicted molar refractivity (Wildman–Crippen MR) is 96.9 cm³/mol. The van der Waals surface area contributed by atoms with E-state index in [0.717, 1.165) is 16.4 Å². The zero-order valence-corrected chi connectivity index (χ0v) is 15.1. The summed E-state index contributed by atoms with van der Waals surface area (Å²) in [5, 5.41) is 2.74. The molecule has 3 rings (SSSR count). The highest BCUT2D eigenvalue weighted by atomic mass is 127. The Labute approximate surface area is 148 Å². The third-order valence-electron chi connectivity index (χ3n) is 3.42. The van der Waals surface area contributed by atoms with Crippen LogP contribution in [0.2, 0.25) is 0 Å². The van der Waals surface area contributed by atoms with E-state index in [1.807, 2.05) is 12.1 Å². The molecule has 120 valence electrons. The van der Waals surface area contributed by atoms with Gasteiger partial charge in [0.2, 0.25) is 10.0 Å². The Morgan fingerprint density at radius 3 is 2.52 bits per heavy atom. The van der Waals surface area contributed by atoms with E-state index < -0.39 is 10.0 Å². The zero-order chi connectivity index (χ0) is 16.4. The second-order valence-corrected chi connectivity index (χ2v) is 8.23. The first-order chi connectivity index (χ1) is 11.0. The quantitative estimate of drug-likeness (QED) is 0.700. The molecule has 0 saturated heterocycles. The van der Waals surface area contributed by atoms with Crippen molar-refractivity contribution in [2.45, 2.75) is 23.8 Å². The summed E-state index contributed by atoms with van der Waals surface area (Å²) in [5.74, 6) is -0.264. The SMILES string of the molecule is O=C(Nc1cccc(S(=O)(=O)NC2CC2)c1)c1ccccc1I. The largest absolute Gasteiger partial charge is 0.322 e. The molecule has 0 heterocycles. The van der Waals surface area contributed by atoms with Crippen LogP contribution >= 0.6 is 22.6 Å². The lowest BCUT2D eigenvalue weighted by Gasteiger charge is -2.09. The Balaban J connectivity index is 1.80. The van der Waals surface area contributed by atoms with Crippen molar-refractivity contribution < 1.29 is 13.2 Å². The summed E-state index contributed by atoms with van der Waals surface area (Å²) in [6.45, 7) is 0. The smallest absolute Gasteiger partial charge is 0.256 e. The summed E-state index contributed by atoms with van der Waals surface area (Å²) in [6, 6.07) is 13.5. The zero-order valence-electron chi connectivity index (χ0n) is 12.1. The minimum absolute atomic E-state index is 0.0455. The molecule has 1 amide bonds. The minimum atomic E-state index is -3.53. The highest BCUT2D eigenvalue weighted by molar-refractivity contribution is 14.1. The van der Waals surface area contributed by atoms with Crippen LogP contribution in [-0.2, 0) is 10.0 Å². The van der Waals surface area contributed by atoms with Crippen molar-refractivity contribution in [3.8, 4) is 0 Å². The molecule has 1 fully saturated rings. The van der Waals surface area contributed by atoms with E-state index >= 15 is 0 Å². The van der Waals surface area contributed by atoms with Gasteiger partial charge in [-0.05, 0) is 65.8 Å².